The molecule has 26 heavy (non-hydrogen) atoms. The van der Waals surface area contributed by atoms with Gasteiger partial charge in [0.05, 0.1) is 13.2 Å². The van der Waals surface area contributed by atoms with Gasteiger partial charge in [0, 0.05) is 24.9 Å². The van der Waals surface area contributed by atoms with Crippen LogP contribution < -0.4 is 5.32 Å². The lowest BCUT2D eigenvalue weighted by Gasteiger charge is -2.25. The van der Waals surface area contributed by atoms with E-state index >= 15 is 0 Å². The number of rotatable bonds is 5. The molecule has 0 bridgehead atoms. The number of aryl methyl sites for hydroxylation is 1. The number of hydrogen-bond acceptors (Lipinski definition) is 7. The van der Waals surface area contributed by atoms with Gasteiger partial charge in [0.25, 0.3) is 10.0 Å². The molecular weight excluding hydrogens is 378 g/mol. The molecule has 0 aromatic carbocycles. The summed E-state index contributed by atoms with van der Waals surface area (Å²) in [4.78, 5) is 12.0. The zero-order valence-electron chi connectivity index (χ0n) is 14.4. The Morgan fingerprint density at radius 1 is 1.31 bits per heavy atom. The molecule has 0 radical (unpaired) electrons. The van der Waals surface area contributed by atoms with E-state index in [-0.39, 0.29) is 10.1 Å². The van der Waals surface area contributed by atoms with Gasteiger partial charge in [-0.3, -0.25) is 4.79 Å². The summed E-state index contributed by atoms with van der Waals surface area (Å²) < 4.78 is 37.4. The topological polar surface area (TPSA) is 102 Å². The number of aromatic nitrogens is 1. The number of ether oxygens (including phenoxy) is 1. The largest absolute Gasteiger partial charge is 0.379 e. The van der Waals surface area contributed by atoms with Crippen LogP contribution in [-0.2, 0) is 19.6 Å². The summed E-state index contributed by atoms with van der Waals surface area (Å²) in [7, 11) is -3.50. The van der Waals surface area contributed by atoms with Gasteiger partial charge in [-0.05, 0) is 31.2 Å². The van der Waals surface area contributed by atoms with E-state index < -0.39 is 10.0 Å². The van der Waals surface area contributed by atoms with E-state index in [0.717, 1.165) is 4.88 Å². The van der Waals surface area contributed by atoms with Crippen LogP contribution in [0.2, 0.25) is 0 Å². The highest BCUT2D eigenvalue weighted by Gasteiger charge is 2.27. The molecule has 0 saturated carbocycles. The van der Waals surface area contributed by atoms with Crippen LogP contribution >= 0.6 is 11.3 Å². The van der Waals surface area contributed by atoms with Crippen LogP contribution in [0.15, 0.2) is 20.9 Å². The molecule has 140 valence electrons. The van der Waals surface area contributed by atoms with E-state index in [1.165, 1.54) is 22.6 Å². The van der Waals surface area contributed by atoms with Crippen molar-refractivity contribution in [3.05, 3.63) is 28.5 Å². The first-order valence-corrected chi connectivity index (χ1v) is 10.2. The number of amides is 1. The van der Waals surface area contributed by atoms with Crippen molar-refractivity contribution in [3.8, 4) is 0 Å². The highest BCUT2D eigenvalue weighted by atomic mass is 32.2. The van der Waals surface area contributed by atoms with Crippen molar-refractivity contribution in [3.63, 3.8) is 0 Å². The van der Waals surface area contributed by atoms with Crippen molar-refractivity contribution in [1.29, 1.82) is 0 Å². The first-order chi connectivity index (χ1) is 12.4. The highest BCUT2D eigenvalue weighted by molar-refractivity contribution is 7.91. The smallest absolute Gasteiger partial charge is 0.252 e. The molecule has 3 heterocycles. The van der Waals surface area contributed by atoms with Crippen LogP contribution in [0.3, 0.4) is 0 Å². The van der Waals surface area contributed by atoms with Gasteiger partial charge in [0.15, 0.2) is 5.76 Å². The molecule has 1 N–H and O–H groups in total. The molecule has 10 heteroatoms. The van der Waals surface area contributed by atoms with Crippen molar-refractivity contribution in [2.75, 3.05) is 31.6 Å². The maximum atomic E-state index is 12.6. The molecule has 2 aromatic heterocycles. The number of sulfonamides is 1. The van der Waals surface area contributed by atoms with Crippen LogP contribution in [0.1, 0.15) is 23.3 Å². The third-order valence-electron chi connectivity index (χ3n) is 3.76. The van der Waals surface area contributed by atoms with Gasteiger partial charge in [-0.25, -0.2) is 8.42 Å². The second kappa shape index (κ2) is 7.70. The van der Waals surface area contributed by atoms with Gasteiger partial charge < -0.3 is 14.6 Å². The normalized spacial score (nSPS) is 16.2. The Bertz CT molecular complexity index is 924. The standard InChI is InChI=1S/C16H19N3O5S2/c1-11-16(17-12(2)20)14(24-18-11)5-3-13-4-6-15(25-13)26(21,22)19-7-9-23-10-8-19/h3-6H,7-10H2,1-2H3,(H,17,20)/b5-3+. The second-order valence-electron chi connectivity index (χ2n) is 5.70. The number of thiophene rings is 1. The fourth-order valence-electron chi connectivity index (χ4n) is 2.46. The molecule has 1 aliphatic heterocycles. The summed E-state index contributed by atoms with van der Waals surface area (Å²) >= 11 is 1.17. The number of carbonyl (C=O) groups excluding carboxylic acids is 1. The number of hydrogen-bond donors (Lipinski definition) is 1. The fourth-order valence-corrected chi connectivity index (χ4v) is 5.25. The summed E-state index contributed by atoms with van der Waals surface area (Å²) in [5.41, 5.74) is 1.08. The highest BCUT2D eigenvalue weighted by Crippen LogP contribution is 2.28. The zero-order chi connectivity index (χ0) is 18.7. The summed E-state index contributed by atoms with van der Waals surface area (Å²) in [6, 6.07) is 3.32. The van der Waals surface area contributed by atoms with Gasteiger partial charge in [-0.1, -0.05) is 5.16 Å². The molecule has 1 aliphatic rings. The monoisotopic (exact) mass is 397 g/mol. The Morgan fingerprint density at radius 3 is 2.73 bits per heavy atom. The van der Waals surface area contributed by atoms with Crippen molar-refractivity contribution in [1.82, 2.24) is 9.46 Å². The Morgan fingerprint density at radius 2 is 2.04 bits per heavy atom. The third-order valence-corrected chi connectivity index (χ3v) is 7.17. The Labute approximate surface area is 155 Å². The van der Waals surface area contributed by atoms with Crippen molar-refractivity contribution in [2.24, 2.45) is 0 Å². The second-order valence-corrected chi connectivity index (χ2v) is 8.98. The van der Waals surface area contributed by atoms with Gasteiger partial charge >= 0.3 is 0 Å². The van der Waals surface area contributed by atoms with Crippen LogP contribution in [0.25, 0.3) is 12.2 Å². The molecule has 2 aromatic rings. The van der Waals surface area contributed by atoms with Crippen LogP contribution in [0, 0.1) is 6.92 Å². The predicted molar refractivity (Wildman–Crippen MR) is 98.4 cm³/mol. The lowest BCUT2D eigenvalue weighted by Crippen LogP contribution is -2.40. The summed E-state index contributed by atoms with van der Waals surface area (Å²) in [5, 5.41) is 6.51. The molecule has 1 fully saturated rings. The zero-order valence-corrected chi connectivity index (χ0v) is 16.0. The Hall–Kier alpha value is -2.01. The van der Waals surface area contributed by atoms with Crippen molar-refractivity contribution >= 4 is 45.1 Å². The molecule has 1 amide bonds. The summed E-state index contributed by atoms with van der Waals surface area (Å²) in [5.74, 6) is 0.185. The van der Waals surface area contributed by atoms with Crippen molar-refractivity contribution in [2.45, 2.75) is 18.1 Å². The number of nitrogens with one attached hydrogen (secondary N) is 1. The lowest BCUT2D eigenvalue weighted by atomic mass is 10.2. The van der Waals surface area contributed by atoms with Gasteiger partial charge in [-0.2, -0.15) is 4.31 Å². The van der Waals surface area contributed by atoms with Gasteiger partial charge in [-0.15, -0.1) is 11.3 Å². The van der Waals surface area contributed by atoms with Crippen LogP contribution in [0.4, 0.5) is 5.69 Å². The molecular formula is C16H19N3O5S2. The number of anilines is 1. The average Bonchev–Trinajstić information content (AvgIpc) is 3.22. The first kappa shape index (κ1) is 18.8. The fraction of sp³-hybridized carbons (Fsp3) is 0.375. The maximum absolute atomic E-state index is 12.6. The SMILES string of the molecule is CC(=O)Nc1c(C)noc1/C=C/c1ccc(S(=O)(=O)N2CCOCC2)s1. The number of morpholine rings is 1. The summed E-state index contributed by atoms with van der Waals surface area (Å²) in [6.07, 6.45) is 3.39. The quantitative estimate of drug-likeness (QED) is 0.830. The molecule has 1 saturated heterocycles. The number of nitrogens with zero attached hydrogens (tertiary/aromatic N) is 2. The van der Waals surface area contributed by atoms with Crippen molar-refractivity contribution < 1.29 is 22.5 Å². The minimum Gasteiger partial charge on any atom is -0.379 e. The molecule has 0 aliphatic carbocycles. The van der Waals surface area contributed by atoms with E-state index in [4.69, 9.17) is 9.26 Å². The van der Waals surface area contributed by atoms with E-state index in [2.05, 4.69) is 10.5 Å². The average molecular weight is 397 g/mol. The molecule has 8 nitrogen and oxygen atoms in total. The van der Waals surface area contributed by atoms with E-state index in [1.54, 1.807) is 31.2 Å². The van der Waals surface area contributed by atoms with Gasteiger partial charge in [0.1, 0.15) is 15.6 Å². The number of carbonyl (C=O) groups is 1. The Balaban J connectivity index is 1.78. The van der Waals surface area contributed by atoms with E-state index in [9.17, 15) is 13.2 Å². The van der Waals surface area contributed by atoms with E-state index in [0.29, 0.717) is 43.4 Å². The minimum atomic E-state index is -3.50. The Kier molecular flexibility index (Phi) is 5.56. The minimum absolute atomic E-state index is 0.221. The maximum Gasteiger partial charge on any atom is 0.252 e. The lowest BCUT2D eigenvalue weighted by molar-refractivity contribution is -0.114. The van der Waals surface area contributed by atoms with Gasteiger partial charge in [0.2, 0.25) is 5.91 Å². The molecule has 3 rings (SSSR count). The van der Waals surface area contributed by atoms with Crippen LogP contribution in [-0.4, -0.2) is 50.1 Å². The molecule has 0 unspecified atom stereocenters. The van der Waals surface area contributed by atoms with E-state index in [1.807, 2.05) is 0 Å². The summed E-state index contributed by atoms with van der Waals surface area (Å²) in [6.45, 7) is 4.68. The van der Waals surface area contributed by atoms with Crippen LogP contribution in [0.5, 0.6) is 0 Å². The predicted octanol–water partition coefficient (Wildman–Crippen LogP) is 2.19. The molecule has 0 spiro atoms. The third kappa shape index (κ3) is 4.04. The first-order valence-electron chi connectivity index (χ1n) is 7.97. The molecule has 0 atom stereocenters.